The van der Waals surface area contributed by atoms with E-state index in [0.717, 1.165) is 37.8 Å². The first-order valence-corrected chi connectivity index (χ1v) is 7.72. The molecule has 6 nitrogen and oxygen atoms in total. The van der Waals surface area contributed by atoms with E-state index in [-0.39, 0.29) is 18.6 Å². The van der Waals surface area contributed by atoms with E-state index >= 15 is 0 Å². The number of piperidine rings is 1. The Hall–Kier alpha value is -2.08. The molecule has 1 heterocycles. The fraction of sp³-hybridized carbons (Fsp3) is 0.500. The molecule has 4 N–H and O–H groups in total. The van der Waals surface area contributed by atoms with Crippen molar-refractivity contribution in [2.45, 2.75) is 38.3 Å². The van der Waals surface area contributed by atoms with E-state index < -0.39 is 6.09 Å². The lowest BCUT2D eigenvalue weighted by Gasteiger charge is -2.36. The molecule has 1 amide bonds. The third-order valence-electron chi connectivity index (χ3n) is 3.83. The minimum atomic E-state index is -0.654. The van der Waals surface area contributed by atoms with Gasteiger partial charge in [-0.25, -0.2) is 4.79 Å². The fourth-order valence-electron chi connectivity index (χ4n) is 2.70. The van der Waals surface area contributed by atoms with Crippen molar-refractivity contribution in [2.75, 3.05) is 13.1 Å². The molecule has 1 aromatic carbocycles. The van der Waals surface area contributed by atoms with E-state index in [4.69, 9.17) is 16.2 Å². The van der Waals surface area contributed by atoms with E-state index in [1.54, 1.807) is 0 Å². The summed E-state index contributed by atoms with van der Waals surface area (Å²) in [4.78, 5) is 17.6. The molecule has 120 valence electrons. The molecule has 6 heteroatoms. The predicted molar refractivity (Wildman–Crippen MR) is 86.3 cm³/mol. The van der Waals surface area contributed by atoms with Gasteiger partial charge in [0.2, 0.25) is 5.96 Å². The maximum atomic E-state index is 11.8. The van der Waals surface area contributed by atoms with Crippen LogP contribution in [-0.4, -0.2) is 36.1 Å². The van der Waals surface area contributed by atoms with E-state index in [0.29, 0.717) is 6.54 Å². The van der Waals surface area contributed by atoms with Crippen molar-refractivity contribution in [3.63, 3.8) is 0 Å². The van der Waals surface area contributed by atoms with Crippen LogP contribution >= 0.6 is 0 Å². The highest BCUT2D eigenvalue weighted by molar-refractivity contribution is 5.89. The number of benzene rings is 1. The Morgan fingerprint density at radius 2 is 2.09 bits per heavy atom. The number of amides is 1. The summed E-state index contributed by atoms with van der Waals surface area (Å²) in [6.45, 7) is 1.61. The Morgan fingerprint density at radius 1 is 1.32 bits per heavy atom. The molecule has 0 bridgehead atoms. The number of aliphatic imine (C=N–C) groups is 1. The molecule has 1 aromatic rings. The molecule has 22 heavy (non-hydrogen) atoms. The first-order valence-electron chi connectivity index (χ1n) is 7.72. The highest BCUT2D eigenvalue weighted by Gasteiger charge is 2.23. The van der Waals surface area contributed by atoms with E-state index in [1.165, 1.54) is 0 Å². The van der Waals surface area contributed by atoms with Crippen molar-refractivity contribution < 1.29 is 9.53 Å². The summed E-state index contributed by atoms with van der Waals surface area (Å²) in [6.07, 6.45) is 3.45. The summed E-state index contributed by atoms with van der Waals surface area (Å²) in [6, 6.07) is 9.75. The molecule has 2 rings (SSSR count). The van der Waals surface area contributed by atoms with Crippen molar-refractivity contribution in [1.82, 2.24) is 4.90 Å². The topological polar surface area (TPSA) is 93.9 Å². The van der Waals surface area contributed by atoms with Gasteiger partial charge in [-0.2, -0.15) is 0 Å². The number of nitrogens with two attached hydrogens (primary N) is 2. The van der Waals surface area contributed by atoms with Gasteiger partial charge in [0.05, 0.1) is 0 Å². The molecular weight excluding hydrogens is 280 g/mol. The second kappa shape index (κ2) is 8.38. The number of hydrogen-bond donors (Lipinski definition) is 2. The Kier molecular flexibility index (Phi) is 6.21. The number of guanidine groups is 1. The van der Waals surface area contributed by atoms with Crippen LogP contribution in [-0.2, 0) is 11.3 Å². The van der Waals surface area contributed by atoms with Crippen LogP contribution < -0.4 is 11.5 Å². The lowest BCUT2D eigenvalue weighted by Crippen LogP contribution is -2.48. The second-order valence-electron chi connectivity index (χ2n) is 5.43. The zero-order valence-corrected chi connectivity index (χ0v) is 12.8. The standard InChI is InChI=1S/C16H24N4O2/c17-10-9-14-8-4-5-11-20(14)15(18)19-16(21)22-12-13-6-2-1-3-7-13/h1-3,6-7,14H,4-5,8-12,17H2,(H2,18,19,21). The molecule has 1 saturated heterocycles. The molecule has 1 aliphatic heterocycles. The zero-order chi connectivity index (χ0) is 15.8. The van der Waals surface area contributed by atoms with Crippen LogP contribution in [0.15, 0.2) is 35.3 Å². The number of likely N-dealkylation sites (tertiary alicyclic amines) is 1. The van der Waals surface area contributed by atoms with Gasteiger partial charge in [-0.05, 0) is 37.8 Å². The summed E-state index contributed by atoms with van der Waals surface area (Å²) >= 11 is 0. The summed E-state index contributed by atoms with van der Waals surface area (Å²) in [5.41, 5.74) is 12.5. The van der Waals surface area contributed by atoms with Crippen molar-refractivity contribution in [1.29, 1.82) is 0 Å². The molecule has 0 spiro atoms. The highest BCUT2D eigenvalue weighted by atomic mass is 16.5. The van der Waals surface area contributed by atoms with Crippen molar-refractivity contribution in [2.24, 2.45) is 16.5 Å². The van der Waals surface area contributed by atoms with Gasteiger partial charge in [0, 0.05) is 12.6 Å². The number of nitrogens with zero attached hydrogens (tertiary/aromatic N) is 2. The molecule has 1 fully saturated rings. The third-order valence-corrected chi connectivity index (χ3v) is 3.83. The Balaban J connectivity index is 1.90. The summed E-state index contributed by atoms with van der Waals surface area (Å²) in [5.74, 6) is 0.233. The van der Waals surface area contributed by atoms with Gasteiger partial charge >= 0.3 is 6.09 Å². The van der Waals surface area contributed by atoms with Gasteiger partial charge in [-0.3, -0.25) is 0 Å². The average molecular weight is 304 g/mol. The van der Waals surface area contributed by atoms with Crippen LogP contribution in [0.5, 0.6) is 0 Å². The lowest BCUT2D eigenvalue weighted by molar-refractivity contribution is 0.149. The average Bonchev–Trinajstić information content (AvgIpc) is 2.55. The van der Waals surface area contributed by atoms with E-state index in [9.17, 15) is 4.79 Å². The number of rotatable bonds is 4. The molecule has 1 aliphatic rings. The van der Waals surface area contributed by atoms with Gasteiger partial charge in [0.15, 0.2) is 0 Å². The summed E-state index contributed by atoms with van der Waals surface area (Å²) in [5, 5.41) is 0. The second-order valence-corrected chi connectivity index (χ2v) is 5.43. The molecule has 0 saturated carbocycles. The van der Waals surface area contributed by atoms with Gasteiger partial charge in [-0.15, -0.1) is 4.99 Å². The van der Waals surface area contributed by atoms with Crippen LogP contribution in [0, 0.1) is 0 Å². The van der Waals surface area contributed by atoms with E-state index in [2.05, 4.69) is 4.99 Å². The Bertz CT molecular complexity index is 502. The number of carbonyl (C=O) groups excluding carboxylic acids is 1. The van der Waals surface area contributed by atoms with Gasteiger partial charge in [0.25, 0.3) is 0 Å². The molecule has 0 aromatic heterocycles. The molecule has 0 radical (unpaired) electrons. The molecule has 1 unspecified atom stereocenters. The highest BCUT2D eigenvalue weighted by Crippen LogP contribution is 2.18. The maximum Gasteiger partial charge on any atom is 0.437 e. The maximum absolute atomic E-state index is 11.8. The number of ether oxygens (including phenoxy) is 1. The number of carbonyl (C=O) groups is 1. The monoisotopic (exact) mass is 304 g/mol. The van der Waals surface area contributed by atoms with E-state index in [1.807, 2.05) is 35.2 Å². The number of hydrogen-bond acceptors (Lipinski definition) is 3. The minimum Gasteiger partial charge on any atom is -0.443 e. The fourth-order valence-corrected chi connectivity index (χ4v) is 2.70. The Morgan fingerprint density at radius 3 is 2.82 bits per heavy atom. The third kappa shape index (κ3) is 4.73. The first kappa shape index (κ1) is 16.3. The summed E-state index contributed by atoms with van der Waals surface area (Å²) < 4.78 is 5.13. The van der Waals surface area contributed by atoms with Gasteiger partial charge in [0.1, 0.15) is 6.61 Å². The lowest BCUT2D eigenvalue weighted by atomic mass is 10.00. The predicted octanol–water partition coefficient (Wildman–Crippen LogP) is 1.84. The van der Waals surface area contributed by atoms with Crippen LogP contribution in [0.2, 0.25) is 0 Å². The molecular formula is C16H24N4O2. The molecule has 1 atom stereocenters. The van der Waals surface area contributed by atoms with Crippen molar-refractivity contribution in [3.8, 4) is 0 Å². The first-order chi connectivity index (χ1) is 10.7. The van der Waals surface area contributed by atoms with Crippen LogP contribution in [0.4, 0.5) is 4.79 Å². The smallest absolute Gasteiger partial charge is 0.437 e. The van der Waals surface area contributed by atoms with Gasteiger partial charge in [-0.1, -0.05) is 30.3 Å². The normalized spacial score (nSPS) is 19.0. The summed E-state index contributed by atoms with van der Waals surface area (Å²) in [7, 11) is 0. The van der Waals surface area contributed by atoms with Crippen LogP contribution in [0.1, 0.15) is 31.2 Å². The minimum absolute atomic E-state index is 0.197. The Labute approximate surface area is 131 Å². The largest absolute Gasteiger partial charge is 0.443 e. The quantitative estimate of drug-likeness (QED) is 0.654. The molecule has 0 aliphatic carbocycles. The van der Waals surface area contributed by atoms with Crippen molar-refractivity contribution >= 4 is 12.1 Å². The van der Waals surface area contributed by atoms with Crippen molar-refractivity contribution in [3.05, 3.63) is 35.9 Å². The SMILES string of the molecule is NCCC1CCCCN1C(N)=NC(=O)OCc1ccccc1. The van der Waals surface area contributed by atoms with Gasteiger partial charge < -0.3 is 21.1 Å². The van der Waals surface area contributed by atoms with Crippen LogP contribution in [0.3, 0.4) is 0 Å². The van der Waals surface area contributed by atoms with Crippen LogP contribution in [0.25, 0.3) is 0 Å². The zero-order valence-electron chi connectivity index (χ0n) is 12.8.